The van der Waals surface area contributed by atoms with Gasteiger partial charge in [-0.1, -0.05) is 19.6 Å². The highest BCUT2D eigenvalue weighted by Crippen LogP contribution is 2.34. The largest absolute Gasteiger partial charge is 0.480 e. The molecule has 0 saturated carbocycles. The van der Waals surface area contributed by atoms with Gasteiger partial charge in [-0.15, -0.1) is 0 Å². The predicted octanol–water partition coefficient (Wildman–Crippen LogP) is 1.09. The van der Waals surface area contributed by atoms with E-state index in [0.717, 1.165) is 0 Å². The Morgan fingerprint density at radius 1 is 1.53 bits per heavy atom. The Morgan fingerprint density at radius 3 is 2.40 bits per heavy atom. The lowest BCUT2D eigenvalue weighted by Gasteiger charge is -2.51. The lowest BCUT2D eigenvalue weighted by molar-refractivity contribution is -0.164. The van der Waals surface area contributed by atoms with Gasteiger partial charge in [-0.3, -0.25) is 9.18 Å². The summed E-state index contributed by atoms with van der Waals surface area (Å²) in [5.74, 6) is -1.87. The zero-order valence-corrected chi connectivity index (χ0v) is 10.2. The first kappa shape index (κ1) is 12.2. The molecule has 0 aromatic carbocycles. The fourth-order valence-corrected chi connectivity index (χ4v) is 3.93. The molecule has 1 rings (SSSR count). The summed E-state index contributed by atoms with van der Waals surface area (Å²) in [6, 6.07) is -0.806. The first-order valence-electron chi connectivity index (χ1n) is 4.92. The Balaban J connectivity index is 2.85. The number of carbonyl (C=O) groups is 2. The summed E-state index contributed by atoms with van der Waals surface area (Å²) >= 11 is 0. The summed E-state index contributed by atoms with van der Waals surface area (Å²) in [6.07, 6.45) is 0.0246. The van der Waals surface area contributed by atoms with Crippen LogP contribution in [0.4, 0.5) is 4.39 Å². The number of β-lactam (4-membered cyclic amide) rings is 1. The van der Waals surface area contributed by atoms with Crippen molar-refractivity contribution in [2.75, 3.05) is 6.67 Å². The number of aliphatic carboxylic acids is 1. The fourth-order valence-electron chi connectivity index (χ4n) is 1.98. The molecule has 1 amide bonds. The quantitative estimate of drug-likeness (QED) is 0.584. The minimum absolute atomic E-state index is 0.0246. The third-order valence-electron chi connectivity index (χ3n) is 2.61. The summed E-state index contributed by atoms with van der Waals surface area (Å²) in [6.45, 7) is 5.09. The van der Waals surface area contributed by atoms with Gasteiger partial charge >= 0.3 is 5.97 Å². The van der Waals surface area contributed by atoms with Crippen LogP contribution in [0.5, 0.6) is 0 Å². The second-order valence-electron chi connectivity index (χ2n) is 4.75. The number of carbonyl (C=O) groups excluding carboxylic acids is 1. The molecule has 1 heterocycles. The number of hydrogen-bond acceptors (Lipinski definition) is 2. The van der Waals surface area contributed by atoms with Crippen molar-refractivity contribution in [1.82, 2.24) is 4.57 Å². The molecule has 0 bridgehead atoms. The fraction of sp³-hybridized carbons (Fsp3) is 0.778. The van der Waals surface area contributed by atoms with Gasteiger partial charge in [0.15, 0.2) is 8.24 Å². The highest BCUT2D eigenvalue weighted by molar-refractivity contribution is 6.76. The van der Waals surface area contributed by atoms with Crippen molar-refractivity contribution in [2.45, 2.75) is 32.1 Å². The van der Waals surface area contributed by atoms with Crippen LogP contribution >= 0.6 is 0 Å². The van der Waals surface area contributed by atoms with Crippen LogP contribution in [-0.2, 0) is 9.59 Å². The molecule has 0 aromatic rings. The second-order valence-corrected chi connectivity index (χ2v) is 9.57. The highest BCUT2D eigenvalue weighted by Gasteiger charge is 2.55. The lowest BCUT2D eigenvalue weighted by Crippen LogP contribution is -2.71. The van der Waals surface area contributed by atoms with E-state index in [1.807, 2.05) is 19.6 Å². The predicted molar refractivity (Wildman–Crippen MR) is 55.7 cm³/mol. The molecule has 4 nitrogen and oxygen atoms in total. The summed E-state index contributed by atoms with van der Waals surface area (Å²) in [5, 5.41) is 8.99. The molecule has 1 N–H and O–H groups in total. The maximum Gasteiger partial charge on any atom is 0.326 e. The highest BCUT2D eigenvalue weighted by atomic mass is 28.3. The standard InChI is InChI=1S/C9H16FNO3Si/c1-15(2,3)11-7(9(13)14)6(4-5-10)8(11)12/h6-7H,4-5H2,1-3H3,(H,13,14)/t6-,7+/m1/s1. The van der Waals surface area contributed by atoms with Crippen LogP contribution in [-0.4, -0.2) is 42.5 Å². The smallest absolute Gasteiger partial charge is 0.326 e. The zero-order valence-electron chi connectivity index (χ0n) is 9.16. The van der Waals surface area contributed by atoms with Crippen molar-refractivity contribution in [3.05, 3.63) is 0 Å². The summed E-state index contributed by atoms with van der Waals surface area (Å²) in [4.78, 5) is 22.6. The Morgan fingerprint density at radius 2 is 2.07 bits per heavy atom. The number of rotatable bonds is 4. The van der Waals surface area contributed by atoms with E-state index >= 15 is 0 Å². The number of alkyl halides is 1. The molecule has 1 aliphatic rings. The molecule has 1 saturated heterocycles. The van der Waals surface area contributed by atoms with Crippen LogP contribution in [0.1, 0.15) is 6.42 Å². The van der Waals surface area contributed by atoms with Crippen LogP contribution in [0.2, 0.25) is 19.6 Å². The van der Waals surface area contributed by atoms with Crippen molar-refractivity contribution in [1.29, 1.82) is 0 Å². The Kier molecular flexibility index (Phi) is 3.18. The summed E-state index contributed by atoms with van der Waals surface area (Å²) in [7, 11) is -1.95. The number of carboxylic acids is 1. The maximum atomic E-state index is 12.1. The van der Waals surface area contributed by atoms with E-state index in [-0.39, 0.29) is 12.3 Å². The normalized spacial score (nSPS) is 26.4. The van der Waals surface area contributed by atoms with Crippen molar-refractivity contribution < 1.29 is 19.1 Å². The first-order valence-corrected chi connectivity index (χ1v) is 8.37. The summed E-state index contributed by atoms with van der Waals surface area (Å²) < 4.78 is 13.6. The van der Waals surface area contributed by atoms with Gasteiger partial charge in [-0.2, -0.15) is 0 Å². The SMILES string of the molecule is C[Si](C)(C)N1C(=O)[C@H](CCF)[C@H]1C(=O)O. The molecule has 15 heavy (non-hydrogen) atoms. The van der Waals surface area contributed by atoms with Crippen molar-refractivity contribution in [3.63, 3.8) is 0 Å². The van der Waals surface area contributed by atoms with Gasteiger partial charge in [0.2, 0.25) is 5.91 Å². The van der Waals surface area contributed by atoms with Crippen LogP contribution in [0.25, 0.3) is 0 Å². The molecule has 2 atom stereocenters. The third-order valence-corrected chi connectivity index (χ3v) is 4.55. The Hall–Kier alpha value is -0.913. The molecule has 0 aliphatic carbocycles. The molecule has 0 aromatic heterocycles. The third kappa shape index (κ3) is 2.04. The molecule has 6 heteroatoms. The van der Waals surface area contributed by atoms with Crippen LogP contribution < -0.4 is 0 Å². The number of amides is 1. The Labute approximate surface area is 89.2 Å². The van der Waals surface area contributed by atoms with Crippen molar-refractivity contribution in [3.8, 4) is 0 Å². The lowest BCUT2D eigenvalue weighted by atomic mass is 9.88. The van der Waals surface area contributed by atoms with Crippen molar-refractivity contribution >= 4 is 20.1 Å². The van der Waals surface area contributed by atoms with E-state index in [1.54, 1.807) is 0 Å². The van der Waals surface area contributed by atoms with Gasteiger partial charge in [0.1, 0.15) is 6.04 Å². The van der Waals surface area contributed by atoms with E-state index in [2.05, 4.69) is 0 Å². The molecule has 1 aliphatic heterocycles. The molecule has 1 fully saturated rings. The first-order chi connectivity index (χ1) is 6.80. The van der Waals surface area contributed by atoms with Crippen LogP contribution in [0, 0.1) is 5.92 Å². The molecular formula is C9H16FNO3Si. The maximum absolute atomic E-state index is 12.1. The van der Waals surface area contributed by atoms with Gasteiger partial charge in [0.05, 0.1) is 12.6 Å². The minimum atomic E-state index is -1.95. The van der Waals surface area contributed by atoms with Gasteiger partial charge in [-0.05, 0) is 6.42 Å². The Bertz CT molecular complexity index is 290. The second kappa shape index (κ2) is 3.92. The van der Waals surface area contributed by atoms with Gasteiger partial charge in [0.25, 0.3) is 0 Å². The van der Waals surface area contributed by atoms with E-state index in [9.17, 15) is 14.0 Å². The average Bonchev–Trinajstić information content (AvgIpc) is 2.06. The van der Waals surface area contributed by atoms with Gasteiger partial charge in [0, 0.05) is 0 Å². The number of nitrogens with zero attached hydrogens (tertiary/aromatic N) is 1. The average molecular weight is 233 g/mol. The van der Waals surface area contributed by atoms with Crippen molar-refractivity contribution in [2.24, 2.45) is 5.92 Å². The zero-order chi connectivity index (χ0) is 11.8. The monoisotopic (exact) mass is 233 g/mol. The number of hydrogen-bond donors (Lipinski definition) is 1. The van der Waals surface area contributed by atoms with Crippen LogP contribution in [0.3, 0.4) is 0 Å². The summed E-state index contributed by atoms with van der Waals surface area (Å²) in [5.41, 5.74) is 0. The molecule has 0 radical (unpaired) electrons. The topological polar surface area (TPSA) is 57.6 Å². The van der Waals surface area contributed by atoms with E-state index in [1.165, 1.54) is 4.57 Å². The van der Waals surface area contributed by atoms with E-state index in [0.29, 0.717) is 0 Å². The van der Waals surface area contributed by atoms with E-state index in [4.69, 9.17) is 5.11 Å². The van der Waals surface area contributed by atoms with E-state index < -0.39 is 32.8 Å². The minimum Gasteiger partial charge on any atom is -0.480 e. The molecule has 0 spiro atoms. The molecule has 86 valence electrons. The van der Waals surface area contributed by atoms with Gasteiger partial charge in [-0.25, -0.2) is 4.79 Å². The number of halogens is 1. The molecular weight excluding hydrogens is 217 g/mol. The van der Waals surface area contributed by atoms with Crippen LogP contribution in [0.15, 0.2) is 0 Å². The number of carboxylic acid groups (broad SMARTS) is 1. The van der Waals surface area contributed by atoms with Gasteiger partial charge < -0.3 is 9.67 Å². The molecule has 0 unspecified atom stereocenters.